The SMILES string of the molecule is COC(=O)[C@@]1(Cc2ccccc2)N[C@@H](c2ccncc2)[C@H]2C(=O)N(C)C(=O)[C@H]21. The number of nitrogens with zero attached hydrogens (tertiary/aromatic N) is 2. The minimum Gasteiger partial charge on any atom is -0.468 e. The number of likely N-dealkylation sites (tertiary alicyclic amines) is 1. The van der Waals surface area contributed by atoms with Gasteiger partial charge in [-0.05, 0) is 23.3 Å². The normalized spacial score (nSPS) is 29.1. The minimum atomic E-state index is -1.33. The molecule has 0 saturated carbocycles. The number of aromatic nitrogens is 1. The van der Waals surface area contributed by atoms with Gasteiger partial charge in [0.1, 0.15) is 5.54 Å². The van der Waals surface area contributed by atoms with Crippen molar-refractivity contribution >= 4 is 17.8 Å². The number of hydrogen-bond acceptors (Lipinski definition) is 6. The van der Waals surface area contributed by atoms with Gasteiger partial charge >= 0.3 is 5.97 Å². The lowest BCUT2D eigenvalue weighted by Gasteiger charge is -2.32. The second kappa shape index (κ2) is 6.83. The molecule has 4 atom stereocenters. The van der Waals surface area contributed by atoms with Crippen LogP contribution < -0.4 is 5.32 Å². The topological polar surface area (TPSA) is 88.6 Å². The van der Waals surface area contributed by atoms with Crippen LogP contribution in [0.25, 0.3) is 0 Å². The summed E-state index contributed by atoms with van der Waals surface area (Å²) in [7, 11) is 2.77. The fourth-order valence-corrected chi connectivity index (χ4v) is 4.53. The molecule has 1 N–H and O–H groups in total. The molecule has 7 heteroatoms. The van der Waals surface area contributed by atoms with Gasteiger partial charge < -0.3 is 4.74 Å². The Labute approximate surface area is 162 Å². The van der Waals surface area contributed by atoms with E-state index in [9.17, 15) is 14.4 Å². The molecule has 2 aromatic rings. The van der Waals surface area contributed by atoms with E-state index >= 15 is 0 Å². The van der Waals surface area contributed by atoms with Crippen LogP contribution >= 0.6 is 0 Å². The van der Waals surface area contributed by atoms with Crippen molar-refractivity contribution in [2.45, 2.75) is 18.0 Å². The zero-order chi connectivity index (χ0) is 19.9. The monoisotopic (exact) mass is 379 g/mol. The quantitative estimate of drug-likeness (QED) is 0.632. The number of rotatable bonds is 4. The van der Waals surface area contributed by atoms with Gasteiger partial charge in [0, 0.05) is 31.9 Å². The molecular weight excluding hydrogens is 358 g/mol. The molecule has 0 bridgehead atoms. The number of esters is 1. The summed E-state index contributed by atoms with van der Waals surface area (Å²) >= 11 is 0. The lowest BCUT2D eigenvalue weighted by molar-refractivity contribution is -0.153. The predicted octanol–water partition coefficient (Wildman–Crippen LogP) is 1.11. The van der Waals surface area contributed by atoms with Gasteiger partial charge in [-0.15, -0.1) is 0 Å². The first-order chi connectivity index (χ1) is 13.5. The van der Waals surface area contributed by atoms with Crippen LogP contribution in [0.5, 0.6) is 0 Å². The molecular formula is C21H21N3O4. The van der Waals surface area contributed by atoms with E-state index in [1.807, 2.05) is 30.3 Å². The number of nitrogens with one attached hydrogen (secondary N) is 1. The van der Waals surface area contributed by atoms with Gasteiger partial charge in [-0.2, -0.15) is 0 Å². The highest BCUT2D eigenvalue weighted by atomic mass is 16.5. The van der Waals surface area contributed by atoms with Crippen LogP contribution in [-0.2, 0) is 25.5 Å². The Morgan fingerprint density at radius 2 is 1.82 bits per heavy atom. The highest BCUT2D eigenvalue weighted by molar-refractivity contribution is 6.09. The molecule has 2 aliphatic rings. The standard InChI is InChI=1S/C21H21N3O4/c1-24-18(25)15-16(19(24)26)21(20(27)28-2,12-13-6-4-3-5-7-13)23-17(15)14-8-10-22-11-9-14/h3-11,15-17,23H,12H2,1-2H3/t15-,16-,17-,21-/m0/s1. The summed E-state index contributed by atoms with van der Waals surface area (Å²) in [5, 5.41) is 3.33. The number of fused-ring (bicyclic) bond motifs is 1. The zero-order valence-electron chi connectivity index (χ0n) is 15.7. The molecule has 0 aliphatic carbocycles. The summed E-state index contributed by atoms with van der Waals surface area (Å²) < 4.78 is 5.13. The van der Waals surface area contributed by atoms with Crippen molar-refractivity contribution in [3.8, 4) is 0 Å². The van der Waals surface area contributed by atoms with Crippen LogP contribution in [-0.4, -0.2) is 47.4 Å². The summed E-state index contributed by atoms with van der Waals surface area (Å²) in [4.78, 5) is 44.2. The van der Waals surface area contributed by atoms with Gasteiger partial charge in [-0.25, -0.2) is 0 Å². The summed E-state index contributed by atoms with van der Waals surface area (Å²) in [6, 6.07) is 12.5. The summed E-state index contributed by atoms with van der Waals surface area (Å²) in [5.41, 5.74) is 0.358. The third-order valence-corrected chi connectivity index (χ3v) is 5.82. The number of carbonyl (C=O) groups excluding carboxylic acids is 3. The van der Waals surface area contributed by atoms with E-state index in [1.165, 1.54) is 14.2 Å². The van der Waals surface area contributed by atoms with E-state index in [4.69, 9.17) is 4.74 Å². The molecule has 3 heterocycles. The van der Waals surface area contributed by atoms with Crippen molar-refractivity contribution in [3.63, 3.8) is 0 Å². The molecule has 2 fully saturated rings. The zero-order valence-corrected chi connectivity index (χ0v) is 15.7. The predicted molar refractivity (Wildman–Crippen MR) is 99.8 cm³/mol. The van der Waals surface area contributed by atoms with Crippen LogP contribution in [0.4, 0.5) is 0 Å². The molecule has 2 aliphatic heterocycles. The van der Waals surface area contributed by atoms with Crippen molar-refractivity contribution < 1.29 is 19.1 Å². The Bertz CT molecular complexity index is 918. The lowest BCUT2D eigenvalue weighted by atomic mass is 9.76. The molecule has 1 aromatic heterocycles. The average Bonchev–Trinajstić information content (AvgIpc) is 3.19. The molecule has 4 rings (SSSR count). The third kappa shape index (κ3) is 2.62. The maximum Gasteiger partial charge on any atom is 0.327 e. The number of amides is 2. The molecule has 2 saturated heterocycles. The Morgan fingerprint density at radius 1 is 1.14 bits per heavy atom. The number of ether oxygens (including phenoxy) is 1. The summed E-state index contributed by atoms with van der Waals surface area (Å²) in [6.45, 7) is 0. The minimum absolute atomic E-state index is 0.246. The second-order valence-electron chi connectivity index (χ2n) is 7.27. The van der Waals surface area contributed by atoms with Crippen LogP contribution in [0, 0.1) is 11.8 Å². The number of imide groups is 1. The van der Waals surface area contributed by atoms with Crippen LogP contribution in [0.2, 0.25) is 0 Å². The molecule has 0 unspecified atom stereocenters. The fraction of sp³-hybridized carbons (Fsp3) is 0.333. The van der Waals surface area contributed by atoms with E-state index in [1.54, 1.807) is 24.5 Å². The fourth-order valence-electron chi connectivity index (χ4n) is 4.53. The maximum absolute atomic E-state index is 13.0. The van der Waals surface area contributed by atoms with Gasteiger partial charge in [-0.1, -0.05) is 30.3 Å². The highest BCUT2D eigenvalue weighted by Gasteiger charge is 2.68. The molecule has 2 amide bonds. The largest absolute Gasteiger partial charge is 0.468 e. The molecule has 7 nitrogen and oxygen atoms in total. The highest BCUT2D eigenvalue weighted by Crippen LogP contribution is 2.49. The lowest BCUT2D eigenvalue weighted by Crippen LogP contribution is -2.57. The number of carbonyl (C=O) groups is 3. The van der Waals surface area contributed by atoms with E-state index in [0.717, 1.165) is 16.0 Å². The van der Waals surface area contributed by atoms with Crippen LogP contribution in [0.3, 0.4) is 0 Å². The Hall–Kier alpha value is -3.06. The Balaban J connectivity index is 1.86. The molecule has 144 valence electrons. The van der Waals surface area contributed by atoms with E-state index in [-0.39, 0.29) is 18.2 Å². The summed E-state index contributed by atoms with van der Waals surface area (Å²) in [5.74, 6) is -2.71. The number of pyridine rings is 1. The number of hydrogen-bond donors (Lipinski definition) is 1. The summed E-state index contributed by atoms with van der Waals surface area (Å²) in [6.07, 6.45) is 3.51. The maximum atomic E-state index is 13.0. The van der Waals surface area contributed by atoms with Gasteiger partial charge in [0.2, 0.25) is 11.8 Å². The molecule has 28 heavy (non-hydrogen) atoms. The van der Waals surface area contributed by atoms with Gasteiger partial charge in [0.25, 0.3) is 0 Å². The first-order valence-electron chi connectivity index (χ1n) is 9.11. The van der Waals surface area contributed by atoms with Crippen molar-refractivity contribution in [2.75, 3.05) is 14.2 Å². The van der Waals surface area contributed by atoms with Gasteiger partial charge in [0.05, 0.1) is 18.9 Å². The molecule has 0 spiro atoms. The van der Waals surface area contributed by atoms with Crippen LogP contribution in [0.1, 0.15) is 17.2 Å². The number of benzene rings is 1. The molecule has 0 radical (unpaired) electrons. The Kier molecular flexibility index (Phi) is 4.47. The molecule has 1 aromatic carbocycles. The van der Waals surface area contributed by atoms with Crippen LogP contribution in [0.15, 0.2) is 54.9 Å². The second-order valence-corrected chi connectivity index (χ2v) is 7.27. The smallest absolute Gasteiger partial charge is 0.327 e. The first-order valence-corrected chi connectivity index (χ1v) is 9.11. The van der Waals surface area contributed by atoms with Crippen molar-refractivity contribution in [1.82, 2.24) is 15.2 Å². The number of methoxy groups -OCH3 is 1. The van der Waals surface area contributed by atoms with E-state index in [0.29, 0.717) is 0 Å². The van der Waals surface area contributed by atoms with E-state index < -0.39 is 29.4 Å². The van der Waals surface area contributed by atoms with Gasteiger partial charge in [0.15, 0.2) is 0 Å². The van der Waals surface area contributed by atoms with Crippen molar-refractivity contribution in [3.05, 3.63) is 66.0 Å². The average molecular weight is 379 g/mol. The van der Waals surface area contributed by atoms with E-state index in [2.05, 4.69) is 10.3 Å². The third-order valence-electron chi connectivity index (χ3n) is 5.82. The first kappa shape index (κ1) is 18.3. The van der Waals surface area contributed by atoms with Crippen molar-refractivity contribution in [1.29, 1.82) is 0 Å². The van der Waals surface area contributed by atoms with Gasteiger partial charge in [-0.3, -0.25) is 29.6 Å². The van der Waals surface area contributed by atoms with Crippen molar-refractivity contribution in [2.24, 2.45) is 11.8 Å². The Morgan fingerprint density at radius 3 is 2.46 bits per heavy atom.